The minimum atomic E-state index is -3.57. The molecule has 2 rings (SSSR count). The third-order valence-electron chi connectivity index (χ3n) is 3.16. The first-order valence-corrected chi connectivity index (χ1v) is 7.54. The molecular formula is C13H14N2O3S. The largest absolute Gasteiger partial charge is 0.300 e. The molecule has 19 heavy (non-hydrogen) atoms. The average molecular weight is 278 g/mol. The Labute approximate surface area is 112 Å². The molecule has 0 unspecified atom stereocenters. The number of hydrogen-bond acceptors (Lipinski definition) is 4. The van der Waals surface area contributed by atoms with E-state index in [9.17, 15) is 13.2 Å². The van der Waals surface area contributed by atoms with Crippen LogP contribution in [0.4, 0.5) is 0 Å². The zero-order valence-corrected chi connectivity index (χ0v) is 11.1. The molecular weight excluding hydrogens is 264 g/mol. The molecule has 1 aromatic carbocycles. The van der Waals surface area contributed by atoms with Crippen molar-refractivity contribution in [1.29, 1.82) is 5.26 Å². The topological polar surface area (TPSA) is 87.0 Å². The molecule has 1 aliphatic carbocycles. The second kappa shape index (κ2) is 5.51. The fraction of sp³-hybridized carbons (Fsp3) is 0.385. The third kappa shape index (κ3) is 3.40. The van der Waals surface area contributed by atoms with Crippen molar-refractivity contribution in [2.75, 3.05) is 0 Å². The van der Waals surface area contributed by atoms with Gasteiger partial charge in [0.05, 0.1) is 16.5 Å². The molecule has 1 aromatic rings. The van der Waals surface area contributed by atoms with Crippen LogP contribution < -0.4 is 4.72 Å². The highest BCUT2D eigenvalue weighted by Crippen LogP contribution is 2.18. The zero-order chi connectivity index (χ0) is 13.9. The summed E-state index contributed by atoms with van der Waals surface area (Å²) in [5.74, 6) is 0.189. The fourth-order valence-electron chi connectivity index (χ4n) is 2.05. The lowest BCUT2D eigenvalue weighted by Gasteiger charge is -2.21. The van der Waals surface area contributed by atoms with Crippen LogP contribution in [0.25, 0.3) is 0 Å². The van der Waals surface area contributed by atoms with Crippen LogP contribution >= 0.6 is 0 Å². The number of benzene rings is 1. The number of rotatable bonds is 3. The summed E-state index contributed by atoms with van der Waals surface area (Å²) in [6, 6.07) is 7.52. The van der Waals surface area contributed by atoms with E-state index in [2.05, 4.69) is 4.72 Å². The van der Waals surface area contributed by atoms with Gasteiger partial charge in [0.1, 0.15) is 5.78 Å². The van der Waals surface area contributed by atoms with E-state index in [-0.39, 0.29) is 16.7 Å². The molecule has 1 aliphatic rings. The van der Waals surface area contributed by atoms with Gasteiger partial charge < -0.3 is 0 Å². The summed E-state index contributed by atoms with van der Waals surface area (Å²) in [6.07, 6.45) is 1.96. The van der Waals surface area contributed by atoms with E-state index in [0.29, 0.717) is 31.2 Å². The molecule has 0 aliphatic heterocycles. The van der Waals surface area contributed by atoms with Crippen molar-refractivity contribution in [3.8, 4) is 6.07 Å². The third-order valence-corrected chi connectivity index (χ3v) is 4.70. The van der Waals surface area contributed by atoms with E-state index in [1.54, 1.807) is 0 Å². The predicted molar refractivity (Wildman–Crippen MR) is 68.7 cm³/mol. The van der Waals surface area contributed by atoms with Crippen molar-refractivity contribution in [3.05, 3.63) is 29.8 Å². The number of nitriles is 1. The molecule has 100 valence electrons. The Bertz CT molecular complexity index is 604. The SMILES string of the molecule is N#Cc1ccc(S(=O)(=O)NC2CCC(=O)CC2)cc1. The van der Waals surface area contributed by atoms with Gasteiger partial charge in [-0.25, -0.2) is 13.1 Å². The molecule has 1 fully saturated rings. The van der Waals surface area contributed by atoms with Crippen molar-refractivity contribution in [2.24, 2.45) is 0 Å². The molecule has 0 saturated heterocycles. The van der Waals surface area contributed by atoms with E-state index in [0.717, 1.165) is 0 Å². The van der Waals surface area contributed by atoms with Crippen molar-refractivity contribution in [3.63, 3.8) is 0 Å². The van der Waals surface area contributed by atoms with E-state index in [1.165, 1.54) is 24.3 Å². The minimum Gasteiger partial charge on any atom is -0.300 e. The minimum absolute atomic E-state index is 0.142. The lowest BCUT2D eigenvalue weighted by molar-refractivity contribution is -0.120. The summed E-state index contributed by atoms with van der Waals surface area (Å²) in [5.41, 5.74) is 0.419. The molecule has 0 bridgehead atoms. The lowest BCUT2D eigenvalue weighted by Crippen LogP contribution is -2.37. The number of hydrogen-bond donors (Lipinski definition) is 1. The van der Waals surface area contributed by atoms with Crippen LogP contribution in [-0.2, 0) is 14.8 Å². The quantitative estimate of drug-likeness (QED) is 0.904. The Morgan fingerprint density at radius 3 is 2.26 bits per heavy atom. The maximum atomic E-state index is 12.1. The summed E-state index contributed by atoms with van der Waals surface area (Å²) < 4.78 is 26.8. The van der Waals surface area contributed by atoms with Crippen molar-refractivity contribution < 1.29 is 13.2 Å². The highest BCUT2D eigenvalue weighted by molar-refractivity contribution is 7.89. The smallest absolute Gasteiger partial charge is 0.240 e. The van der Waals surface area contributed by atoms with Crippen LogP contribution in [0, 0.1) is 11.3 Å². The molecule has 5 nitrogen and oxygen atoms in total. The van der Waals surface area contributed by atoms with E-state index >= 15 is 0 Å². The summed E-state index contributed by atoms with van der Waals surface area (Å²) in [6.45, 7) is 0. The summed E-state index contributed by atoms with van der Waals surface area (Å²) in [7, 11) is -3.57. The first-order chi connectivity index (χ1) is 9.01. The molecule has 0 heterocycles. The first-order valence-electron chi connectivity index (χ1n) is 6.05. The van der Waals surface area contributed by atoms with Crippen LogP contribution in [0.3, 0.4) is 0 Å². The van der Waals surface area contributed by atoms with Crippen molar-refractivity contribution in [2.45, 2.75) is 36.6 Å². The lowest BCUT2D eigenvalue weighted by atomic mass is 9.95. The van der Waals surface area contributed by atoms with Gasteiger partial charge in [0.25, 0.3) is 0 Å². The van der Waals surface area contributed by atoms with Gasteiger partial charge in [-0.15, -0.1) is 0 Å². The van der Waals surface area contributed by atoms with Gasteiger partial charge in [0.15, 0.2) is 0 Å². The van der Waals surface area contributed by atoms with Crippen molar-refractivity contribution in [1.82, 2.24) is 4.72 Å². The molecule has 0 spiro atoms. The van der Waals surface area contributed by atoms with Crippen molar-refractivity contribution >= 4 is 15.8 Å². The van der Waals surface area contributed by atoms with Crippen LogP contribution in [0.5, 0.6) is 0 Å². The maximum Gasteiger partial charge on any atom is 0.240 e. The molecule has 1 N–H and O–H groups in total. The van der Waals surface area contributed by atoms with Gasteiger partial charge in [-0.2, -0.15) is 5.26 Å². The van der Waals surface area contributed by atoms with Crippen LogP contribution in [0.1, 0.15) is 31.2 Å². The van der Waals surface area contributed by atoms with Crippen LogP contribution in [-0.4, -0.2) is 20.2 Å². The zero-order valence-electron chi connectivity index (χ0n) is 10.3. The number of Topliss-reactive ketones (excluding diaryl/α,β-unsaturated/α-hetero) is 1. The Kier molecular flexibility index (Phi) is 3.98. The second-order valence-electron chi connectivity index (χ2n) is 4.57. The number of carbonyl (C=O) groups is 1. The standard InChI is InChI=1S/C13H14N2O3S/c14-9-10-1-7-13(8-2-10)19(17,18)15-11-3-5-12(16)6-4-11/h1-2,7-8,11,15H,3-6H2. The maximum absolute atomic E-state index is 12.1. The van der Waals surface area contributed by atoms with Crippen LogP contribution in [0.15, 0.2) is 29.2 Å². The average Bonchev–Trinajstić information content (AvgIpc) is 2.41. The predicted octanol–water partition coefficient (Wildman–Crippen LogP) is 1.35. The van der Waals surface area contributed by atoms with Crippen LogP contribution in [0.2, 0.25) is 0 Å². The molecule has 0 aromatic heterocycles. The molecule has 0 amide bonds. The highest BCUT2D eigenvalue weighted by Gasteiger charge is 2.24. The first kappa shape index (κ1) is 13.7. The Hall–Kier alpha value is -1.71. The summed E-state index contributed by atoms with van der Waals surface area (Å²) in [5, 5.41) is 8.67. The van der Waals surface area contributed by atoms with Gasteiger partial charge >= 0.3 is 0 Å². The Balaban J connectivity index is 2.09. The molecule has 6 heteroatoms. The van der Waals surface area contributed by atoms with Gasteiger partial charge in [-0.3, -0.25) is 4.79 Å². The number of sulfonamides is 1. The normalized spacial score (nSPS) is 17.1. The Morgan fingerprint density at radius 2 is 1.74 bits per heavy atom. The summed E-state index contributed by atoms with van der Waals surface area (Å²) >= 11 is 0. The highest BCUT2D eigenvalue weighted by atomic mass is 32.2. The number of carbonyl (C=O) groups excluding carboxylic acids is 1. The number of nitrogens with zero attached hydrogens (tertiary/aromatic N) is 1. The monoisotopic (exact) mass is 278 g/mol. The van der Waals surface area contributed by atoms with E-state index in [4.69, 9.17) is 5.26 Å². The van der Waals surface area contributed by atoms with Gasteiger partial charge in [-0.1, -0.05) is 0 Å². The molecule has 0 radical (unpaired) electrons. The fourth-order valence-corrected chi connectivity index (χ4v) is 3.36. The number of ketones is 1. The van der Waals surface area contributed by atoms with Gasteiger partial charge in [0.2, 0.25) is 10.0 Å². The van der Waals surface area contributed by atoms with E-state index in [1.807, 2.05) is 6.07 Å². The second-order valence-corrected chi connectivity index (χ2v) is 6.28. The van der Waals surface area contributed by atoms with Gasteiger partial charge in [0, 0.05) is 18.9 Å². The van der Waals surface area contributed by atoms with Gasteiger partial charge in [-0.05, 0) is 37.1 Å². The molecule has 1 saturated carbocycles. The summed E-state index contributed by atoms with van der Waals surface area (Å²) in [4.78, 5) is 11.2. The van der Waals surface area contributed by atoms with E-state index < -0.39 is 10.0 Å². The Morgan fingerprint density at radius 1 is 1.16 bits per heavy atom. The molecule has 0 atom stereocenters. The number of nitrogens with one attached hydrogen (secondary N) is 1.